The van der Waals surface area contributed by atoms with E-state index >= 15 is 0 Å². The van der Waals surface area contributed by atoms with E-state index in [9.17, 15) is 13.6 Å². The van der Waals surface area contributed by atoms with Gasteiger partial charge in [0.1, 0.15) is 11.9 Å². The molecule has 1 amide bonds. The number of aryl methyl sites for hydroxylation is 1. The number of fused-ring (bicyclic) bond motifs is 1. The fourth-order valence-corrected chi connectivity index (χ4v) is 3.70. The van der Waals surface area contributed by atoms with Crippen LogP contribution in [0.4, 0.5) is 8.78 Å². The van der Waals surface area contributed by atoms with Crippen LogP contribution in [0.1, 0.15) is 29.0 Å². The van der Waals surface area contributed by atoms with Gasteiger partial charge in [0, 0.05) is 42.9 Å². The quantitative estimate of drug-likeness (QED) is 0.589. The summed E-state index contributed by atoms with van der Waals surface area (Å²) in [4.78, 5) is 14.6. The third kappa shape index (κ3) is 3.44. The Morgan fingerprint density at radius 2 is 1.96 bits per heavy atom. The molecule has 7 heteroatoms. The maximum Gasteiger partial charge on any atom is 0.289 e. The first-order valence-electron chi connectivity index (χ1n) is 9.02. The van der Waals surface area contributed by atoms with Crippen molar-refractivity contribution in [3.05, 3.63) is 64.4 Å². The molecule has 1 aromatic heterocycles. The number of rotatable bonds is 3. The Kier molecular flexibility index (Phi) is 4.98. The Bertz CT molecular complexity index is 1040. The molecule has 146 valence electrons. The number of piperidine rings is 1. The second kappa shape index (κ2) is 7.43. The van der Waals surface area contributed by atoms with Gasteiger partial charge in [-0.1, -0.05) is 23.7 Å². The zero-order valence-electron chi connectivity index (χ0n) is 15.2. The van der Waals surface area contributed by atoms with Crippen molar-refractivity contribution >= 4 is 28.5 Å². The number of halogens is 3. The molecule has 0 bridgehead atoms. The van der Waals surface area contributed by atoms with Crippen LogP contribution >= 0.6 is 11.6 Å². The Morgan fingerprint density at radius 1 is 1.21 bits per heavy atom. The zero-order valence-corrected chi connectivity index (χ0v) is 15.9. The Labute approximate surface area is 165 Å². The van der Waals surface area contributed by atoms with E-state index < -0.39 is 11.6 Å². The number of carbonyl (C=O) groups is 1. The van der Waals surface area contributed by atoms with Gasteiger partial charge in [-0.05, 0) is 25.1 Å². The van der Waals surface area contributed by atoms with Gasteiger partial charge in [0.2, 0.25) is 0 Å². The summed E-state index contributed by atoms with van der Waals surface area (Å²) in [7, 11) is 0. The fourth-order valence-electron chi connectivity index (χ4n) is 3.48. The van der Waals surface area contributed by atoms with Crippen molar-refractivity contribution in [1.29, 1.82) is 0 Å². The summed E-state index contributed by atoms with van der Waals surface area (Å²) in [6, 6.07) is 8.64. The van der Waals surface area contributed by atoms with Crippen molar-refractivity contribution in [1.82, 2.24) is 4.90 Å². The number of carbonyl (C=O) groups excluding carboxylic acids is 1. The molecule has 3 aromatic rings. The van der Waals surface area contributed by atoms with E-state index in [-0.39, 0.29) is 23.5 Å². The lowest BCUT2D eigenvalue weighted by Gasteiger charge is -2.31. The molecular weight excluding hydrogens is 388 g/mol. The molecule has 4 nitrogen and oxygen atoms in total. The smallest absolute Gasteiger partial charge is 0.289 e. The Morgan fingerprint density at radius 3 is 2.64 bits per heavy atom. The third-order valence-corrected chi connectivity index (χ3v) is 5.32. The van der Waals surface area contributed by atoms with Gasteiger partial charge in [-0.25, -0.2) is 8.78 Å². The number of para-hydroxylation sites is 1. The Hall–Kier alpha value is -2.60. The van der Waals surface area contributed by atoms with Crippen molar-refractivity contribution in [2.45, 2.75) is 25.9 Å². The number of amides is 1. The molecule has 1 aliphatic rings. The highest BCUT2D eigenvalue weighted by Gasteiger charge is 2.29. The number of furan rings is 1. The monoisotopic (exact) mass is 405 g/mol. The van der Waals surface area contributed by atoms with Crippen molar-refractivity contribution in [3.63, 3.8) is 0 Å². The van der Waals surface area contributed by atoms with E-state index in [1.165, 1.54) is 6.07 Å². The molecule has 1 saturated heterocycles. The minimum absolute atomic E-state index is 0.0222. The molecule has 0 N–H and O–H groups in total. The molecule has 0 unspecified atom stereocenters. The van der Waals surface area contributed by atoms with E-state index in [4.69, 9.17) is 20.8 Å². The van der Waals surface area contributed by atoms with E-state index in [2.05, 4.69) is 0 Å². The van der Waals surface area contributed by atoms with Crippen LogP contribution in [0.2, 0.25) is 5.02 Å². The zero-order chi connectivity index (χ0) is 19.8. The van der Waals surface area contributed by atoms with Crippen molar-refractivity contribution in [2.75, 3.05) is 13.1 Å². The molecule has 2 heterocycles. The average molecular weight is 406 g/mol. The fraction of sp³-hybridized carbons (Fsp3) is 0.286. The molecule has 4 rings (SSSR count). The summed E-state index contributed by atoms with van der Waals surface area (Å²) in [6.45, 7) is 2.75. The summed E-state index contributed by atoms with van der Waals surface area (Å²) >= 11 is 6.16. The van der Waals surface area contributed by atoms with Crippen LogP contribution in [0.5, 0.6) is 5.75 Å². The largest absolute Gasteiger partial charge is 0.487 e. The van der Waals surface area contributed by atoms with Gasteiger partial charge in [-0.15, -0.1) is 0 Å². The van der Waals surface area contributed by atoms with Crippen LogP contribution < -0.4 is 4.74 Å². The topological polar surface area (TPSA) is 42.7 Å². The standard InChI is InChI=1S/C21H18ClF2NO3/c1-12-15-3-2-4-16(22)20(15)28-19(12)21(26)25-9-7-14(8-10-25)27-18-6-5-13(23)11-17(18)24/h2-6,11,14H,7-10H2,1H3. The van der Waals surface area contributed by atoms with E-state index in [0.29, 0.717) is 36.5 Å². The first-order chi connectivity index (χ1) is 13.4. The van der Waals surface area contributed by atoms with E-state index in [0.717, 1.165) is 23.1 Å². The van der Waals surface area contributed by atoms with Crippen molar-refractivity contribution in [3.8, 4) is 5.75 Å². The van der Waals surface area contributed by atoms with Gasteiger partial charge >= 0.3 is 0 Å². The molecule has 0 radical (unpaired) electrons. The van der Waals surface area contributed by atoms with Crippen LogP contribution in [0.25, 0.3) is 11.0 Å². The third-order valence-electron chi connectivity index (χ3n) is 5.03. The van der Waals surface area contributed by atoms with Crippen molar-refractivity contribution < 1.29 is 22.7 Å². The lowest BCUT2D eigenvalue weighted by atomic mass is 10.1. The molecule has 0 atom stereocenters. The maximum absolute atomic E-state index is 13.8. The van der Waals surface area contributed by atoms with Crippen molar-refractivity contribution in [2.24, 2.45) is 0 Å². The Balaban J connectivity index is 1.44. The van der Waals surface area contributed by atoms with Crippen LogP contribution in [0, 0.1) is 18.6 Å². The summed E-state index contributed by atoms with van der Waals surface area (Å²) in [5.41, 5.74) is 1.27. The van der Waals surface area contributed by atoms with Gasteiger partial charge in [-0.2, -0.15) is 0 Å². The van der Waals surface area contributed by atoms with Gasteiger partial charge in [0.05, 0.1) is 5.02 Å². The summed E-state index contributed by atoms with van der Waals surface area (Å²) in [5, 5.41) is 1.29. The summed E-state index contributed by atoms with van der Waals surface area (Å²) in [5.74, 6) is -1.27. The first-order valence-corrected chi connectivity index (χ1v) is 9.40. The molecule has 1 aliphatic heterocycles. The lowest BCUT2D eigenvalue weighted by molar-refractivity contribution is 0.0561. The summed E-state index contributed by atoms with van der Waals surface area (Å²) in [6.07, 6.45) is 0.848. The van der Waals surface area contributed by atoms with Gasteiger partial charge in [0.25, 0.3) is 5.91 Å². The van der Waals surface area contributed by atoms with Crippen LogP contribution in [-0.2, 0) is 0 Å². The van der Waals surface area contributed by atoms with Crippen LogP contribution in [0.3, 0.4) is 0 Å². The van der Waals surface area contributed by atoms with Crippen LogP contribution in [0.15, 0.2) is 40.8 Å². The van der Waals surface area contributed by atoms with E-state index in [1.807, 2.05) is 19.1 Å². The average Bonchev–Trinajstić information content (AvgIpc) is 3.02. The minimum Gasteiger partial charge on any atom is -0.487 e. The number of benzene rings is 2. The second-order valence-electron chi connectivity index (χ2n) is 6.86. The molecule has 0 spiro atoms. The summed E-state index contributed by atoms with van der Waals surface area (Å²) < 4.78 is 38.2. The number of hydrogen-bond acceptors (Lipinski definition) is 3. The molecule has 2 aromatic carbocycles. The first kappa shape index (κ1) is 18.7. The van der Waals surface area contributed by atoms with E-state index in [1.54, 1.807) is 11.0 Å². The highest BCUT2D eigenvalue weighted by Crippen LogP contribution is 2.32. The van der Waals surface area contributed by atoms with Crippen LogP contribution in [-0.4, -0.2) is 30.0 Å². The maximum atomic E-state index is 13.8. The van der Waals surface area contributed by atoms with Gasteiger partial charge < -0.3 is 14.1 Å². The lowest BCUT2D eigenvalue weighted by Crippen LogP contribution is -2.41. The number of ether oxygens (including phenoxy) is 1. The molecule has 0 aliphatic carbocycles. The van der Waals surface area contributed by atoms with Gasteiger partial charge in [-0.3, -0.25) is 4.79 Å². The molecular formula is C21H18ClF2NO3. The SMILES string of the molecule is Cc1c(C(=O)N2CCC(Oc3ccc(F)cc3F)CC2)oc2c(Cl)cccc12. The van der Waals surface area contributed by atoms with Gasteiger partial charge in [0.15, 0.2) is 22.9 Å². The molecule has 0 saturated carbocycles. The number of hydrogen-bond donors (Lipinski definition) is 0. The highest BCUT2D eigenvalue weighted by molar-refractivity contribution is 6.35. The normalized spacial score (nSPS) is 15.2. The predicted molar refractivity (Wildman–Crippen MR) is 102 cm³/mol. The predicted octanol–water partition coefficient (Wildman–Crippen LogP) is 5.36. The molecule has 1 fully saturated rings. The highest BCUT2D eigenvalue weighted by atomic mass is 35.5. The molecule has 28 heavy (non-hydrogen) atoms. The number of nitrogens with zero attached hydrogens (tertiary/aromatic N) is 1. The second-order valence-corrected chi connectivity index (χ2v) is 7.26. The number of likely N-dealkylation sites (tertiary alicyclic amines) is 1. The minimum atomic E-state index is -0.728.